The van der Waals surface area contributed by atoms with Gasteiger partial charge in [0.15, 0.2) is 0 Å². The topological polar surface area (TPSA) is 111 Å². The van der Waals surface area contributed by atoms with E-state index in [-0.39, 0.29) is 11.3 Å². The van der Waals surface area contributed by atoms with Crippen molar-refractivity contribution in [2.75, 3.05) is 0 Å². The van der Waals surface area contributed by atoms with Crippen molar-refractivity contribution in [3.63, 3.8) is 0 Å². The van der Waals surface area contributed by atoms with E-state index in [1.807, 2.05) is 0 Å². The summed E-state index contributed by atoms with van der Waals surface area (Å²) < 4.78 is 10.1. The van der Waals surface area contributed by atoms with Crippen LogP contribution in [0.4, 0.5) is 0 Å². The van der Waals surface area contributed by atoms with Crippen LogP contribution in [0.15, 0.2) is 33.5 Å². The van der Waals surface area contributed by atoms with E-state index in [4.69, 9.17) is 19.7 Å². The molecule has 0 spiro atoms. The molecule has 19 heavy (non-hydrogen) atoms. The largest absolute Gasteiger partial charge is 0.508 e. The molecule has 0 saturated carbocycles. The monoisotopic (exact) mass is 254 g/mol. The average molecular weight is 254 g/mol. The number of aromatic hydroxyl groups is 1. The van der Waals surface area contributed by atoms with Crippen LogP contribution in [0.3, 0.4) is 0 Å². The van der Waals surface area contributed by atoms with Gasteiger partial charge in [0.1, 0.15) is 29.6 Å². The minimum absolute atomic E-state index is 0.0451. The number of rotatable bonds is 1. The number of fused-ring (bicyclic) bond motifs is 1. The highest BCUT2D eigenvalue weighted by Crippen LogP contribution is 2.50. The lowest BCUT2D eigenvalue weighted by atomic mass is 9.99. The molecule has 1 aromatic carbocycles. The molecular formula is C13H6N2O4. The van der Waals surface area contributed by atoms with Crippen LogP contribution in [0.25, 0.3) is 11.0 Å². The van der Waals surface area contributed by atoms with Crippen LogP contribution in [0.5, 0.6) is 5.75 Å². The standard InChI is InChI=1S/C13H6N2O4/c14-5-13(6-15)12(19-13)9-4-11(17)18-10-3-7(16)1-2-8(9)10/h1-4,12,16H. The van der Waals surface area contributed by atoms with Crippen LogP contribution in [-0.2, 0) is 4.74 Å². The van der Waals surface area contributed by atoms with E-state index in [0.29, 0.717) is 10.9 Å². The normalized spacial score (nSPS) is 19.6. The molecule has 1 saturated heterocycles. The molecule has 0 bridgehead atoms. The van der Waals surface area contributed by atoms with Crippen molar-refractivity contribution in [3.05, 3.63) is 40.2 Å². The molecule has 6 nitrogen and oxygen atoms in total. The summed E-state index contributed by atoms with van der Waals surface area (Å²) in [5, 5.41) is 27.8. The van der Waals surface area contributed by atoms with E-state index in [1.165, 1.54) is 18.2 Å². The lowest BCUT2D eigenvalue weighted by Crippen LogP contribution is -2.07. The number of hydrogen-bond donors (Lipinski definition) is 1. The Morgan fingerprint density at radius 3 is 2.63 bits per heavy atom. The second-order valence-corrected chi connectivity index (χ2v) is 4.16. The van der Waals surface area contributed by atoms with Crippen LogP contribution in [0, 0.1) is 22.7 Å². The fourth-order valence-corrected chi connectivity index (χ4v) is 2.02. The fraction of sp³-hybridized carbons (Fsp3) is 0.154. The Morgan fingerprint density at radius 1 is 1.26 bits per heavy atom. The molecule has 1 atom stereocenters. The Bertz CT molecular complexity index is 811. The molecule has 1 aromatic heterocycles. The van der Waals surface area contributed by atoms with E-state index in [1.54, 1.807) is 18.2 Å². The maximum Gasteiger partial charge on any atom is 0.336 e. The summed E-state index contributed by atoms with van der Waals surface area (Å²) >= 11 is 0. The van der Waals surface area contributed by atoms with Crippen molar-refractivity contribution >= 4 is 11.0 Å². The molecule has 0 aliphatic carbocycles. The Hall–Kier alpha value is -2.83. The fourth-order valence-electron chi connectivity index (χ4n) is 2.02. The molecule has 1 fully saturated rings. The molecular weight excluding hydrogens is 248 g/mol. The van der Waals surface area contributed by atoms with Gasteiger partial charge in [0.05, 0.1) is 0 Å². The summed E-state index contributed by atoms with van der Waals surface area (Å²) in [6.45, 7) is 0. The molecule has 6 heteroatoms. The molecule has 0 radical (unpaired) electrons. The van der Waals surface area contributed by atoms with E-state index in [9.17, 15) is 9.90 Å². The zero-order chi connectivity index (χ0) is 13.6. The minimum atomic E-state index is -1.54. The maximum atomic E-state index is 11.5. The highest BCUT2D eigenvalue weighted by atomic mass is 16.6. The van der Waals surface area contributed by atoms with E-state index in [0.717, 1.165) is 0 Å². The van der Waals surface area contributed by atoms with Gasteiger partial charge in [-0.05, 0) is 12.1 Å². The smallest absolute Gasteiger partial charge is 0.336 e. The summed E-state index contributed by atoms with van der Waals surface area (Å²) in [4.78, 5) is 11.5. The molecule has 92 valence electrons. The first-order valence-electron chi connectivity index (χ1n) is 5.37. The second-order valence-electron chi connectivity index (χ2n) is 4.16. The van der Waals surface area contributed by atoms with E-state index < -0.39 is 17.3 Å². The van der Waals surface area contributed by atoms with Gasteiger partial charge < -0.3 is 14.3 Å². The number of nitrogens with zero attached hydrogens (tertiary/aromatic N) is 2. The first-order chi connectivity index (χ1) is 9.09. The average Bonchev–Trinajstić information content (AvgIpc) is 3.12. The quantitative estimate of drug-likeness (QED) is 0.607. The number of ether oxygens (including phenoxy) is 1. The van der Waals surface area contributed by atoms with Gasteiger partial charge in [-0.2, -0.15) is 10.5 Å². The van der Waals surface area contributed by atoms with Crippen LogP contribution in [0.1, 0.15) is 11.7 Å². The third-order valence-electron chi connectivity index (χ3n) is 2.99. The summed E-state index contributed by atoms with van der Waals surface area (Å²) in [7, 11) is 0. The van der Waals surface area contributed by atoms with Gasteiger partial charge in [0.25, 0.3) is 5.60 Å². The van der Waals surface area contributed by atoms with Crippen LogP contribution < -0.4 is 5.63 Å². The van der Waals surface area contributed by atoms with Gasteiger partial charge in [-0.1, -0.05) is 0 Å². The zero-order valence-electron chi connectivity index (χ0n) is 9.45. The zero-order valence-corrected chi connectivity index (χ0v) is 9.45. The molecule has 1 aliphatic heterocycles. The summed E-state index contributed by atoms with van der Waals surface area (Å²) in [6, 6.07) is 9.02. The van der Waals surface area contributed by atoms with Gasteiger partial charge >= 0.3 is 5.63 Å². The molecule has 2 aromatic rings. The Morgan fingerprint density at radius 2 is 2.00 bits per heavy atom. The van der Waals surface area contributed by atoms with Crippen LogP contribution in [0.2, 0.25) is 0 Å². The van der Waals surface area contributed by atoms with E-state index in [2.05, 4.69) is 0 Å². The van der Waals surface area contributed by atoms with Gasteiger partial charge in [-0.25, -0.2) is 4.79 Å². The molecule has 3 rings (SSSR count). The number of hydrogen-bond acceptors (Lipinski definition) is 6. The Kier molecular flexibility index (Phi) is 2.12. The lowest BCUT2D eigenvalue weighted by molar-refractivity contribution is 0.369. The molecule has 1 N–H and O–H groups in total. The molecule has 0 amide bonds. The number of nitriles is 2. The predicted molar refractivity (Wildman–Crippen MR) is 61.9 cm³/mol. The third-order valence-corrected chi connectivity index (χ3v) is 2.99. The van der Waals surface area contributed by atoms with Crippen molar-refractivity contribution in [1.29, 1.82) is 10.5 Å². The number of phenolic OH excluding ortho intramolecular Hbond substituents is 1. The summed E-state index contributed by atoms with van der Waals surface area (Å²) in [5.41, 5.74) is -1.58. The van der Waals surface area contributed by atoms with Crippen molar-refractivity contribution < 1.29 is 14.3 Å². The van der Waals surface area contributed by atoms with Crippen LogP contribution >= 0.6 is 0 Å². The minimum Gasteiger partial charge on any atom is -0.508 e. The highest BCUT2D eigenvalue weighted by Gasteiger charge is 2.60. The first-order valence-corrected chi connectivity index (χ1v) is 5.37. The molecule has 1 unspecified atom stereocenters. The number of phenols is 1. The Labute approximate surface area is 106 Å². The second kappa shape index (κ2) is 3.58. The van der Waals surface area contributed by atoms with Crippen molar-refractivity contribution in [2.24, 2.45) is 0 Å². The number of epoxide rings is 1. The summed E-state index contributed by atoms with van der Waals surface area (Å²) in [5.74, 6) is -0.0451. The van der Waals surface area contributed by atoms with Gasteiger partial charge in [-0.15, -0.1) is 0 Å². The Balaban J connectivity index is 2.24. The third kappa shape index (κ3) is 1.55. The lowest BCUT2D eigenvalue weighted by Gasteiger charge is -2.02. The van der Waals surface area contributed by atoms with Gasteiger partial charge in [-0.3, -0.25) is 0 Å². The highest BCUT2D eigenvalue weighted by molar-refractivity contribution is 5.82. The van der Waals surface area contributed by atoms with Gasteiger partial charge in [0, 0.05) is 23.1 Å². The maximum absolute atomic E-state index is 11.5. The first kappa shape index (κ1) is 11.3. The predicted octanol–water partition coefficient (Wildman–Crippen LogP) is 1.36. The molecule has 1 aliphatic rings. The van der Waals surface area contributed by atoms with E-state index >= 15 is 0 Å². The molecule has 2 heterocycles. The van der Waals surface area contributed by atoms with Crippen molar-refractivity contribution in [2.45, 2.75) is 11.7 Å². The van der Waals surface area contributed by atoms with Crippen molar-refractivity contribution in [3.8, 4) is 17.9 Å². The van der Waals surface area contributed by atoms with Gasteiger partial charge in [0.2, 0.25) is 0 Å². The van der Waals surface area contributed by atoms with Crippen molar-refractivity contribution in [1.82, 2.24) is 0 Å². The van der Waals surface area contributed by atoms with Crippen LogP contribution in [-0.4, -0.2) is 10.7 Å². The SMILES string of the molecule is N#CC1(C#N)OC1c1cc(=O)oc2cc(O)ccc12. The number of benzene rings is 1. The summed E-state index contributed by atoms with van der Waals surface area (Å²) in [6.07, 6.45) is -0.779.